The molecule has 2 aliphatic heterocycles. The van der Waals surface area contributed by atoms with Crippen molar-refractivity contribution < 1.29 is 4.79 Å². The molecule has 2 aromatic rings. The number of aryl methyl sites for hydroxylation is 1. The minimum absolute atomic E-state index is 0.198. The van der Waals surface area contributed by atoms with Crippen molar-refractivity contribution in [3.63, 3.8) is 0 Å². The molecule has 0 aliphatic carbocycles. The average Bonchev–Trinajstić information content (AvgIpc) is 2.69. The zero-order valence-corrected chi connectivity index (χ0v) is 16.2. The van der Waals surface area contributed by atoms with Crippen LogP contribution < -0.4 is 0 Å². The van der Waals surface area contributed by atoms with Crippen LogP contribution in [-0.4, -0.2) is 46.9 Å². The molecule has 1 aromatic heterocycles. The van der Waals surface area contributed by atoms with E-state index in [0.29, 0.717) is 5.41 Å². The summed E-state index contributed by atoms with van der Waals surface area (Å²) in [4.78, 5) is 22.0. The number of hydrogen-bond donors (Lipinski definition) is 0. The predicted molar refractivity (Wildman–Crippen MR) is 107 cm³/mol. The van der Waals surface area contributed by atoms with Gasteiger partial charge in [0.2, 0.25) is 0 Å². The molecule has 2 saturated heterocycles. The van der Waals surface area contributed by atoms with Crippen LogP contribution in [-0.2, 0) is 6.54 Å². The van der Waals surface area contributed by atoms with Crippen LogP contribution in [0, 0.1) is 12.3 Å². The first-order valence-electron chi connectivity index (χ1n) is 10.1. The summed E-state index contributed by atoms with van der Waals surface area (Å²) in [5, 5.41) is 0. The number of pyridine rings is 1. The molecule has 2 fully saturated rings. The summed E-state index contributed by atoms with van der Waals surface area (Å²) >= 11 is 0. The highest BCUT2D eigenvalue weighted by molar-refractivity contribution is 5.95. The van der Waals surface area contributed by atoms with Gasteiger partial charge in [-0.2, -0.15) is 0 Å². The van der Waals surface area contributed by atoms with Crippen molar-refractivity contribution in [2.24, 2.45) is 5.41 Å². The Labute approximate surface area is 162 Å². The van der Waals surface area contributed by atoms with Crippen LogP contribution in [0.3, 0.4) is 0 Å². The smallest absolute Gasteiger partial charge is 0.254 e. The zero-order valence-electron chi connectivity index (χ0n) is 16.2. The molecule has 142 valence electrons. The third-order valence-corrected chi connectivity index (χ3v) is 6.34. The second-order valence-electron chi connectivity index (χ2n) is 8.24. The summed E-state index contributed by atoms with van der Waals surface area (Å²) in [6, 6.07) is 14.1. The van der Waals surface area contributed by atoms with E-state index >= 15 is 0 Å². The molecule has 3 heterocycles. The van der Waals surface area contributed by atoms with Crippen LogP contribution in [0.15, 0.2) is 48.7 Å². The molecular formula is C23H29N3O. The Morgan fingerprint density at radius 1 is 1.04 bits per heavy atom. The topological polar surface area (TPSA) is 36.4 Å². The lowest BCUT2D eigenvalue weighted by molar-refractivity contribution is 0.0194. The first kappa shape index (κ1) is 18.2. The number of carbonyl (C=O) groups excluding carboxylic acids is 1. The molecule has 4 heteroatoms. The van der Waals surface area contributed by atoms with Crippen LogP contribution in [0.2, 0.25) is 0 Å². The molecular weight excluding hydrogens is 334 g/mol. The summed E-state index contributed by atoms with van der Waals surface area (Å²) in [6.45, 7) is 7.01. The summed E-state index contributed by atoms with van der Waals surface area (Å²) in [5.74, 6) is 0.198. The van der Waals surface area contributed by atoms with E-state index in [2.05, 4.69) is 26.9 Å². The number of rotatable bonds is 3. The van der Waals surface area contributed by atoms with Gasteiger partial charge in [0.25, 0.3) is 5.91 Å². The Hall–Kier alpha value is -2.20. The second-order valence-corrected chi connectivity index (χ2v) is 8.24. The van der Waals surface area contributed by atoms with Gasteiger partial charge in [-0.1, -0.05) is 24.3 Å². The fraction of sp³-hybridized carbons (Fsp3) is 0.478. The molecule has 0 unspecified atom stereocenters. The Morgan fingerprint density at radius 3 is 2.56 bits per heavy atom. The maximum atomic E-state index is 12.9. The van der Waals surface area contributed by atoms with E-state index in [1.54, 1.807) is 0 Å². The van der Waals surface area contributed by atoms with Gasteiger partial charge in [-0.3, -0.25) is 14.7 Å². The number of amides is 1. The Morgan fingerprint density at radius 2 is 1.81 bits per heavy atom. The monoisotopic (exact) mass is 363 g/mol. The zero-order chi connectivity index (χ0) is 18.7. The average molecular weight is 364 g/mol. The lowest BCUT2D eigenvalue weighted by Gasteiger charge is -2.47. The lowest BCUT2D eigenvalue weighted by Crippen LogP contribution is -2.50. The SMILES string of the molecule is Cc1ccccc1C(=O)N1CCC2(CCCN(Cc3ccccn3)C2)CC1. The first-order chi connectivity index (χ1) is 13.2. The van der Waals surface area contributed by atoms with Crippen molar-refractivity contribution in [2.45, 2.75) is 39.2 Å². The summed E-state index contributed by atoms with van der Waals surface area (Å²) in [5.41, 5.74) is 3.45. The number of piperidine rings is 2. The van der Waals surface area contributed by atoms with Crippen molar-refractivity contribution in [3.8, 4) is 0 Å². The number of aromatic nitrogens is 1. The van der Waals surface area contributed by atoms with Crippen LogP contribution in [0.1, 0.15) is 47.3 Å². The van der Waals surface area contributed by atoms with E-state index in [9.17, 15) is 4.79 Å². The molecule has 0 atom stereocenters. The molecule has 1 amide bonds. The van der Waals surface area contributed by atoms with Gasteiger partial charge in [0.15, 0.2) is 0 Å². The number of hydrogen-bond acceptors (Lipinski definition) is 3. The van der Waals surface area contributed by atoms with Gasteiger partial charge in [-0.05, 0) is 68.3 Å². The second kappa shape index (κ2) is 7.81. The van der Waals surface area contributed by atoms with Gasteiger partial charge in [-0.15, -0.1) is 0 Å². The largest absolute Gasteiger partial charge is 0.339 e. The first-order valence-corrected chi connectivity index (χ1v) is 10.1. The molecule has 4 rings (SSSR count). The number of carbonyl (C=O) groups is 1. The maximum absolute atomic E-state index is 12.9. The quantitative estimate of drug-likeness (QED) is 0.830. The minimum Gasteiger partial charge on any atom is -0.339 e. The van der Waals surface area contributed by atoms with E-state index in [0.717, 1.165) is 62.4 Å². The minimum atomic E-state index is 0.198. The predicted octanol–water partition coefficient (Wildman–Crippen LogP) is 3.91. The number of nitrogens with zero attached hydrogens (tertiary/aromatic N) is 3. The number of benzene rings is 1. The molecule has 0 N–H and O–H groups in total. The highest BCUT2D eigenvalue weighted by Gasteiger charge is 2.39. The van der Waals surface area contributed by atoms with E-state index < -0.39 is 0 Å². The standard InChI is InChI=1S/C23H29N3O/c1-19-7-2-3-9-21(19)22(27)26-15-11-23(12-16-26)10-6-14-25(18-23)17-20-8-4-5-13-24-20/h2-5,7-9,13H,6,10-12,14-18H2,1H3. The summed E-state index contributed by atoms with van der Waals surface area (Å²) in [7, 11) is 0. The Kier molecular flexibility index (Phi) is 5.26. The van der Waals surface area contributed by atoms with Crippen LogP contribution in [0.5, 0.6) is 0 Å². The van der Waals surface area contributed by atoms with Gasteiger partial charge < -0.3 is 4.90 Å². The van der Waals surface area contributed by atoms with Gasteiger partial charge in [0, 0.05) is 37.9 Å². The third-order valence-electron chi connectivity index (χ3n) is 6.34. The Bertz CT molecular complexity index is 781. The molecule has 27 heavy (non-hydrogen) atoms. The van der Waals surface area contributed by atoms with E-state index in [1.165, 1.54) is 12.8 Å². The fourth-order valence-corrected chi connectivity index (χ4v) is 4.74. The fourth-order valence-electron chi connectivity index (χ4n) is 4.74. The lowest BCUT2D eigenvalue weighted by atomic mass is 9.72. The van der Waals surface area contributed by atoms with Crippen LogP contribution in [0.25, 0.3) is 0 Å². The number of likely N-dealkylation sites (tertiary alicyclic amines) is 2. The molecule has 4 nitrogen and oxygen atoms in total. The highest BCUT2D eigenvalue weighted by atomic mass is 16.2. The van der Waals surface area contributed by atoms with Crippen molar-refractivity contribution >= 4 is 5.91 Å². The molecule has 0 saturated carbocycles. The molecule has 2 aliphatic rings. The van der Waals surface area contributed by atoms with Gasteiger partial charge in [-0.25, -0.2) is 0 Å². The van der Waals surface area contributed by atoms with Crippen LogP contribution >= 0.6 is 0 Å². The molecule has 1 aromatic carbocycles. The highest BCUT2D eigenvalue weighted by Crippen LogP contribution is 2.40. The van der Waals surface area contributed by atoms with E-state index in [1.807, 2.05) is 43.5 Å². The van der Waals surface area contributed by atoms with E-state index in [-0.39, 0.29) is 5.91 Å². The van der Waals surface area contributed by atoms with Crippen molar-refractivity contribution in [2.75, 3.05) is 26.2 Å². The maximum Gasteiger partial charge on any atom is 0.254 e. The van der Waals surface area contributed by atoms with Gasteiger partial charge >= 0.3 is 0 Å². The summed E-state index contributed by atoms with van der Waals surface area (Å²) in [6.07, 6.45) is 6.65. The molecule has 0 bridgehead atoms. The van der Waals surface area contributed by atoms with E-state index in [4.69, 9.17) is 0 Å². The van der Waals surface area contributed by atoms with Crippen molar-refractivity contribution in [1.82, 2.24) is 14.8 Å². The Balaban J connectivity index is 1.37. The third kappa shape index (κ3) is 4.06. The van der Waals surface area contributed by atoms with Gasteiger partial charge in [0.1, 0.15) is 0 Å². The van der Waals surface area contributed by atoms with Gasteiger partial charge in [0.05, 0.1) is 5.69 Å². The van der Waals surface area contributed by atoms with Crippen molar-refractivity contribution in [1.29, 1.82) is 0 Å². The normalized spacial score (nSPS) is 20.0. The summed E-state index contributed by atoms with van der Waals surface area (Å²) < 4.78 is 0. The van der Waals surface area contributed by atoms with Crippen LogP contribution in [0.4, 0.5) is 0 Å². The molecule has 0 radical (unpaired) electrons. The molecule has 1 spiro atoms. The van der Waals surface area contributed by atoms with Crippen molar-refractivity contribution in [3.05, 3.63) is 65.5 Å².